The van der Waals surface area contributed by atoms with Crippen molar-refractivity contribution in [2.45, 2.75) is 0 Å². The largest absolute Gasteiger partial charge is 0.497 e. The molecule has 0 N–H and O–H groups in total. The quantitative estimate of drug-likeness (QED) is 0.508. The highest BCUT2D eigenvalue weighted by Gasteiger charge is 2.42. The van der Waals surface area contributed by atoms with E-state index in [4.69, 9.17) is 21.1 Å². The van der Waals surface area contributed by atoms with Gasteiger partial charge in [0.2, 0.25) is 0 Å². The molecule has 0 unspecified atom stereocenters. The minimum atomic E-state index is -0.437. The summed E-state index contributed by atoms with van der Waals surface area (Å²) in [5.41, 5.74) is 2.34. The third-order valence-corrected chi connectivity index (χ3v) is 5.61. The van der Waals surface area contributed by atoms with E-state index in [9.17, 15) is 9.59 Å². The van der Waals surface area contributed by atoms with Gasteiger partial charge in [-0.25, -0.2) is 4.90 Å². The molecule has 7 heteroatoms. The molecule has 2 amide bonds. The Morgan fingerprint density at radius 1 is 0.844 bits per heavy atom. The van der Waals surface area contributed by atoms with Crippen LogP contribution in [-0.2, 0) is 9.59 Å². The Morgan fingerprint density at radius 3 is 2.12 bits per heavy atom. The van der Waals surface area contributed by atoms with E-state index in [1.807, 2.05) is 30.3 Å². The highest BCUT2D eigenvalue weighted by molar-refractivity contribution is 6.46. The average Bonchev–Trinajstić information content (AvgIpc) is 3.09. The molecule has 1 aliphatic rings. The number of benzene rings is 3. The number of halogens is 1. The number of hydrogen-bond acceptors (Lipinski definition) is 5. The van der Waals surface area contributed by atoms with E-state index in [-0.39, 0.29) is 5.70 Å². The molecule has 162 valence electrons. The fraction of sp³-hybridized carbons (Fsp3) is 0.120. The van der Waals surface area contributed by atoms with Crippen molar-refractivity contribution in [2.24, 2.45) is 0 Å². The van der Waals surface area contributed by atoms with E-state index >= 15 is 0 Å². The molecule has 0 bridgehead atoms. The lowest BCUT2D eigenvalue weighted by Crippen LogP contribution is -2.34. The van der Waals surface area contributed by atoms with Crippen molar-refractivity contribution in [2.75, 3.05) is 31.1 Å². The first-order valence-electron chi connectivity index (χ1n) is 9.86. The number of carbonyl (C=O) groups is 2. The second-order valence-corrected chi connectivity index (χ2v) is 7.52. The molecule has 3 aromatic carbocycles. The molecule has 4 rings (SSSR count). The first-order chi connectivity index (χ1) is 15.5. The van der Waals surface area contributed by atoms with Gasteiger partial charge in [-0.3, -0.25) is 9.59 Å². The predicted molar refractivity (Wildman–Crippen MR) is 125 cm³/mol. The lowest BCUT2D eigenvalue weighted by Gasteiger charge is -2.21. The van der Waals surface area contributed by atoms with Crippen LogP contribution in [0.2, 0.25) is 5.02 Å². The highest BCUT2D eigenvalue weighted by Crippen LogP contribution is 2.38. The maximum atomic E-state index is 13.6. The molecule has 6 nitrogen and oxygen atoms in total. The number of para-hydroxylation sites is 1. The lowest BCUT2D eigenvalue weighted by molar-refractivity contribution is -0.120. The Hall–Kier alpha value is -3.77. The molecule has 32 heavy (non-hydrogen) atoms. The zero-order valence-electron chi connectivity index (χ0n) is 17.8. The minimum Gasteiger partial charge on any atom is -0.497 e. The SMILES string of the molecule is COc1ccc(C2=C(N(C)c3ccccc3)C(=O)N(c3ccc(OC)c(Cl)c3)C2=O)cc1. The third kappa shape index (κ3) is 3.69. The highest BCUT2D eigenvalue weighted by atomic mass is 35.5. The average molecular weight is 449 g/mol. The first kappa shape index (κ1) is 21.5. The molecule has 0 saturated heterocycles. The van der Waals surface area contributed by atoms with Crippen molar-refractivity contribution in [3.8, 4) is 11.5 Å². The van der Waals surface area contributed by atoms with Crippen LogP contribution in [0.1, 0.15) is 5.56 Å². The molecule has 1 aliphatic heterocycles. The summed E-state index contributed by atoms with van der Waals surface area (Å²) in [6.07, 6.45) is 0. The Bertz CT molecular complexity index is 1210. The van der Waals surface area contributed by atoms with Crippen LogP contribution in [0.4, 0.5) is 11.4 Å². The summed E-state index contributed by atoms with van der Waals surface area (Å²) < 4.78 is 10.4. The zero-order valence-corrected chi connectivity index (χ0v) is 18.6. The topological polar surface area (TPSA) is 59.1 Å². The molecule has 3 aromatic rings. The third-order valence-electron chi connectivity index (χ3n) is 5.31. The molecule has 0 aliphatic carbocycles. The van der Waals surface area contributed by atoms with Gasteiger partial charge in [0.25, 0.3) is 11.8 Å². The molecule has 1 heterocycles. The summed E-state index contributed by atoms with van der Waals surface area (Å²) in [5, 5.41) is 0.307. The predicted octanol–water partition coefficient (Wildman–Crippen LogP) is 4.78. The molecule has 0 aromatic heterocycles. The number of anilines is 2. The smallest absolute Gasteiger partial charge is 0.282 e. The Balaban J connectivity index is 1.85. The summed E-state index contributed by atoms with van der Waals surface area (Å²) in [7, 11) is 4.84. The van der Waals surface area contributed by atoms with Gasteiger partial charge in [0.1, 0.15) is 17.2 Å². The standard InChI is InChI=1S/C25H21ClN2O4/c1-27(17-7-5-4-6-8-17)23-22(16-9-12-19(31-2)13-10-16)24(29)28(25(23)30)18-11-14-21(32-3)20(26)15-18/h4-15H,1-3H3. The zero-order chi connectivity index (χ0) is 22.8. The van der Waals surface area contributed by atoms with E-state index in [1.165, 1.54) is 7.11 Å². The van der Waals surface area contributed by atoms with Gasteiger partial charge in [0.05, 0.1) is 30.5 Å². The number of hydrogen-bond donors (Lipinski definition) is 0. The molecule has 0 atom stereocenters. The summed E-state index contributed by atoms with van der Waals surface area (Å²) >= 11 is 6.27. The van der Waals surface area contributed by atoms with Crippen LogP contribution < -0.4 is 19.3 Å². The Morgan fingerprint density at radius 2 is 1.53 bits per heavy atom. The molecule has 0 fully saturated rings. The van der Waals surface area contributed by atoms with Crippen LogP contribution in [-0.4, -0.2) is 33.1 Å². The van der Waals surface area contributed by atoms with E-state index in [0.717, 1.165) is 10.6 Å². The lowest BCUT2D eigenvalue weighted by atomic mass is 10.0. The van der Waals surface area contributed by atoms with Gasteiger partial charge in [-0.1, -0.05) is 41.9 Å². The van der Waals surface area contributed by atoms with Crippen molar-refractivity contribution in [1.82, 2.24) is 0 Å². The monoisotopic (exact) mass is 448 g/mol. The maximum absolute atomic E-state index is 13.6. The van der Waals surface area contributed by atoms with Crippen LogP contribution in [0, 0.1) is 0 Å². The molecular formula is C25H21ClN2O4. The van der Waals surface area contributed by atoms with Crippen molar-refractivity contribution in [3.05, 3.63) is 89.1 Å². The van der Waals surface area contributed by atoms with Crippen molar-refractivity contribution < 1.29 is 19.1 Å². The Kier molecular flexibility index (Phi) is 5.88. The van der Waals surface area contributed by atoms with E-state index in [1.54, 1.807) is 61.5 Å². The van der Waals surface area contributed by atoms with Gasteiger partial charge in [-0.05, 0) is 48.0 Å². The number of nitrogens with zero attached hydrogens (tertiary/aromatic N) is 2. The summed E-state index contributed by atoms with van der Waals surface area (Å²) in [6, 6.07) is 21.3. The van der Waals surface area contributed by atoms with Gasteiger partial charge in [-0.2, -0.15) is 0 Å². The summed E-state index contributed by atoms with van der Waals surface area (Å²) in [6.45, 7) is 0. The summed E-state index contributed by atoms with van der Waals surface area (Å²) in [5.74, 6) is 0.245. The second kappa shape index (κ2) is 8.77. The van der Waals surface area contributed by atoms with Gasteiger partial charge >= 0.3 is 0 Å². The van der Waals surface area contributed by atoms with Crippen LogP contribution in [0.15, 0.2) is 78.5 Å². The molecular weight excluding hydrogens is 428 g/mol. The van der Waals surface area contributed by atoms with Crippen molar-refractivity contribution in [1.29, 1.82) is 0 Å². The number of ether oxygens (including phenoxy) is 2. The second-order valence-electron chi connectivity index (χ2n) is 7.11. The van der Waals surface area contributed by atoms with Gasteiger partial charge in [0, 0.05) is 12.7 Å². The van der Waals surface area contributed by atoms with Gasteiger partial charge in [-0.15, -0.1) is 0 Å². The van der Waals surface area contributed by atoms with Crippen LogP contribution in [0.5, 0.6) is 11.5 Å². The number of amides is 2. The van der Waals surface area contributed by atoms with E-state index in [0.29, 0.717) is 33.3 Å². The number of likely N-dealkylation sites (N-methyl/N-ethyl adjacent to an activating group) is 1. The minimum absolute atomic E-state index is 0.276. The van der Waals surface area contributed by atoms with Crippen molar-refractivity contribution in [3.63, 3.8) is 0 Å². The fourth-order valence-electron chi connectivity index (χ4n) is 3.66. The summed E-state index contributed by atoms with van der Waals surface area (Å²) in [4.78, 5) is 30.1. The van der Waals surface area contributed by atoms with Gasteiger partial charge < -0.3 is 14.4 Å². The number of methoxy groups -OCH3 is 2. The van der Waals surface area contributed by atoms with Gasteiger partial charge in [0.15, 0.2) is 0 Å². The number of rotatable bonds is 6. The number of imide groups is 1. The van der Waals surface area contributed by atoms with Crippen LogP contribution >= 0.6 is 11.6 Å². The maximum Gasteiger partial charge on any atom is 0.282 e. The molecule has 0 spiro atoms. The molecule has 0 radical (unpaired) electrons. The van der Waals surface area contributed by atoms with E-state index < -0.39 is 11.8 Å². The fourth-order valence-corrected chi connectivity index (χ4v) is 3.91. The van der Waals surface area contributed by atoms with E-state index in [2.05, 4.69) is 0 Å². The van der Waals surface area contributed by atoms with Crippen LogP contribution in [0.3, 0.4) is 0 Å². The molecule has 0 saturated carbocycles. The normalized spacial score (nSPS) is 13.6. The Labute approximate surface area is 191 Å². The van der Waals surface area contributed by atoms with Crippen LogP contribution in [0.25, 0.3) is 5.57 Å². The van der Waals surface area contributed by atoms with Crippen molar-refractivity contribution >= 4 is 40.4 Å². The number of carbonyl (C=O) groups excluding carboxylic acids is 2. The first-order valence-corrected chi connectivity index (χ1v) is 10.2.